The van der Waals surface area contributed by atoms with E-state index in [1.165, 1.54) is 4.31 Å². The van der Waals surface area contributed by atoms with Gasteiger partial charge >= 0.3 is 0 Å². The Balaban J connectivity index is 1.92. The van der Waals surface area contributed by atoms with Gasteiger partial charge in [-0.1, -0.05) is 12.1 Å². The predicted molar refractivity (Wildman–Crippen MR) is 78.9 cm³/mol. The van der Waals surface area contributed by atoms with Crippen molar-refractivity contribution in [2.75, 3.05) is 30.2 Å². The standard InChI is InChI=1S/C14H18N2O4S/c1-21(18,19)16-10-13(14(17)15-8-4-5-9-15)20-12-7-3-2-6-11(12)16/h2-3,6-7,13H,4-5,8-10H2,1H3/t13-/m0/s1. The van der Waals surface area contributed by atoms with Crippen LogP contribution in [0.2, 0.25) is 0 Å². The van der Waals surface area contributed by atoms with Crippen LogP contribution < -0.4 is 9.04 Å². The Hall–Kier alpha value is -1.76. The SMILES string of the molecule is CS(=O)(=O)N1C[C@@H](C(=O)N2CCCC2)Oc2ccccc21. The third-order valence-corrected chi connectivity index (χ3v) is 4.97. The monoisotopic (exact) mass is 310 g/mol. The third kappa shape index (κ3) is 2.70. The van der Waals surface area contributed by atoms with E-state index in [-0.39, 0.29) is 12.5 Å². The molecule has 2 aliphatic rings. The molecule has 1 saturated heterocycles. The zero-order valence-electron chi connectivity index (χ0n) is 11.9. The van der Waals surface area contributed by atoms with Gasteiger partial charge in [0.15, 0.2) is 6.10 Å². The maximum absolute atomic E-state index is 12.5. The summed E-state index contributed by atoms with van der Waals surface area (Å²) in [5, 5.41) is 0. The minimum absolute atomic E-state index is 0.0329. The van der Waals surface area contributed by atoms with Gasteiger partial charge in [-0.2, -0.15) is 0 Å². The molecule has 0 aromatic heterocycles. The van der Waals surface area contributed by atoms with E-state index in [9.17, 15) is 13.2 Å². The summed E-state index contributed by atoms with van der Waals surface area (Å²) in [7, 11) is -3.45. The lowest BCUT2D eigenvalue weighted by atomic mass is 10.2. The first-order valence-corrected chi connectivity index (χ1v) is 8.84. The average molecular weight is 310 g/mol. The van der Waals surface area contributed by atoms with Gasteiger partial charge in [-0.05, 0) is 25.0 Å². The largest absolute Gasteiger partial charge is 0.476 e. The lowest BCUT2D eigenvalue weighted by Gasteiger charge is -2.35. The van der Waals surface area contributed by atoms with Gasteiger partial charge < -0.3 is 9.64 Å². The van der Waals surface area contributed by atoms with E-state index in [0.717, 1.165) is 32.2 Å². The Morgan fingerprint density at radius 2 is 1.90 bits per heavy atom. The molecule has 7 heteroatoms. The number of amides is 1. The number of carbonyl (C=O) groups excluding carboxylic acids is 1. The molecule has 0 bridgehead atoms. The number of hydrogen-bond donors (Lipinski definition) is 0. The first kappa shape index (κ1) is 14.2. The van der Waals surface area contributed by atoms with Crippen LogP contribution in [0.5, 0.6) is 5.75 Å². The number of carbonyl (C=O) groups is 1. The third-order valence-electron chi connectivity index (χ3n) is 3.83. The van der Waals surface area contributed by atoms with Crippen molar-refractivity contribution >= 4 is 21.6 Å². The molecule has 2 heterocycles. The summed E-state index contributed by atoms with van der Waals surface area (Å²) >= 11 is 0. The number of sulfonamides is 1. The lowest BCUT2D eigenvalue weighted by molar-refractivity contribution is -0.137. The molecule has 1 aromatic rings. The van der Waals surface area contributed by atoms with Crippen LogP contribution in [0, 0.1) is 0 Å². The van der Waals surface area contributed by atoms with Gasteiger partial charge in [0.1, 0.15) is 5.75 Å². The van der Waals surface area contributed by atoms with Gasteiger partial charge in [-0.15, -0.1) is 0 Å². The van der Waals surface area contributed by atoms with E-state index in [4.69, 9.17) is 4.74 Å². The molecule has 0 radical (unpaired) electrons. The van der Waals surface area contributed by atoms with E-state index in [1.807, 2.05) is 0 Å². The Bertz CT molecular complexity index is 653. The van der Waals surface area contributed by atoms with Gasteiger partial charge in [-0.3, -0.25) is 9.10 Å². The van der Waals surface area contributed by atoms with Gasteiger partial charge in [0, 0.05) is 13.1 Å². The van der Waals surface area contributed by atoms with Crippen LogP contribution >= 0.6 is 0 Å². The number of likely N-dealkylation sites (tertiary alicyclic amines) is 1. The van der Waals surface area contributed by atoms with Crippen molar-refractivity contribution < 1.29 is 17.9 Å². The summed E-state index contributed by atoms with van der Waals surface area (Å²) in [6.07, 6.45) is 2.36. The molecule has 1 amide bonds. The number of fused-ring (bicyclic) bond motifs is 1. The van der Waals surface area contributed by atoms with Crippen molar-refractivity contribution in [1.29, 1.82) is 0 Å². The summed E-state index contributed by atoms with van der Waals surface area (Å²) in [5.41, 5.74) is 0.491. The van der Waals surface area contributed by atoms with Crippen molar-refractivity contribution in [2.24, 2.45) is 0 Å². The quantitative estimate of drug-likeness (QED) is 0.812. The minimum atomic E-state index is -3.45. The highest BCUT2D eigenvalue weighted by Gasteiger charge is 2.37. The smallest absolute Gasteiger partial charge is 0.265 e. The van der Waals surface area contributed by atoms with Crippen molar-refractivity contribution in [3.8, 4) is 5.75 Å². The zero-order valence-corrected chi connectivity index (χ0v) is 12.7. The Morgan fingerprint density at radius 3 is 2.57 bits per heavy atom. The number of nitrogens with zero attached hydrogens (tertiary/aromatic N) is 2. The van der Waals surface area contributed by atoms with Crippen LogP contribution in [-0.2, 0) is 14.8 Å². The van der Waals surface area contributed by atoms with Crippen LogP contribution in [0.4, 0.5) is 5.69 Å². The Kier molecular flexibility index (Phi) is 3.52. The van der Waals surface area contributed by atoms with E-state index in [1.54, 1.807) is 29.2 Å². The first-order valence-electron chi connectivity index (χ1n) is 6.99. The number of anilines is 1. The van der Waals surface area contributed by atoms with E-state index < -0.39 is 16.1 Å². The summed E-state index contributed by atoms with van der Waals surface area (Å²) in [6.45, 7) is 1.48. The Labute approximate surface area is 124 Å². The van der Waals surface area contributed by atoms with Crippen molar-refractivity contribution in [2.45, 2.75) is 18.9 Å². The van der Waals surface area contributed by atoms with Gasteiger partial charge in [-0.25, -0.2) is 8.42 Å². The highest BCUT2D eigenvalue weighted by molar-refractivity contribution is 7.92. The molecule has 6 nitrogen and oxygen atoms in total. The zero-order chi connectivity index (χ0) is 15.0. The molecule has 3 rings (SSSR count). The van der Waals surface area contributed by atoms with Crippen LogP contribution in [0.3, 0.4) is 0 Å². The van der Waals surface area contributed by atoms with E-state index in [2.05, 4.69) is 0 Å². The number of rotatable bonds is 2. The molecule has 0 aliphatic carbocycles. The summed E-state index contributed by atoms with van der Waals surface area (Å²) in [5.74, 6) is 0.308. The molecule has 1 atom stereocenters. The van der Waals surface area contributed by atoms with Crippen LogP contribution in [0.1, 0.15) is 12.8 Å². The van der Waals surface area contributed by atoms with Crippen LogP contribution in [0.25, 0.3) is 0 Å². The molecular weight excluding hydrogens is 292 g/mol. The highest BCUT2D eigenvalue weighted by Crippen LogP contribution is 2.35. The second-order valence-electron chi connectivity index (χ2n) is 5.40. The van der Waals surface area contributed by atoms with E-state index in [0.29, 0.717) is 11.4 Å². The maximum Gasteiger partial charge on any atom is 0.265 e. The molecule has 0 saturated carbocycles. The first-order chi connectivity index (χ1) is 9.97. The molecule has 0 spiro atoms. The summed E-state index contributed by atoms with van der Waals surface area (Å²) < 4.78 is 31.0. The normalized spacial score (nSPS) is 21.9. The lowest BCUT2D eigenvalue weighted by Crippen LogP contribution is -2.51. The minimum Gasteiger partial charge on any atom is -0.476 e. The molecule has 1 fully saturated rings. The van der Waals surface area contributed by atoms with Crippen LogP contribution in [0.15, 0.2) is 24.3 Å². The fraction of sp³-hybridized carbons (Fsp3) is 0.500. The molecule has 0 N–H and O–H groups in total. The number of ether oxygens (including phenoxy) is 1. The van der Waals surface area contributed by atoms with Gasteiger partial charge in [0.25, 0.3) is 5.91 Å². The van der Waals surface area contributed by atoms with Crippen molar-refractivity contribution in [3.63, 3.8) is 0 Å². The molecule has 0 unspecified atom stereocenters. The van der Waals surface area contributed by atoms with Crippen molar-refractivity contribution in [1.82, 2.24) is 4.90 Å². The topological polar surface area (TPSA) is 66.9 Å². The molecule has 21 heavy (non-hydrogen) atoms. The number of benzene rings is 1. The molecule has 2 aliphatic heterocycles. The van der Waals surface area contributed by atoms with Crippen molar-refractivity contribution in [3.05, 3.63) is 24.3 Å². The fourth-order valence-corrected chi connectivity index (χ4v) is 3.70. The molecule has 1 aromatic carbocycles. The molecule has 114 valence electrons. The van der Waals surface area contributed by atoms with E-state index >= 15 is 0 Å². The van der Waals surface area contributed by atoms with Crippen LogP contribution in [-0.4, -0.2) is 51.2 Å². The van der Waals surface area contributed by atoms with Gasteiger partial charge in [0.2, 0.25) is 10.0 Å². The Morgan fingerprint density at radius 1 is 1.24 bits per heavy atom. The summed E-state index contributed by atoms with van der Waals surface area (Å²) in [4.78, 5) is 14.2. The maximum atomic E-state index is 12.5. The second kappa shape index (κ2) is 5.22. The predicted octanol–water partition coefficient (Wildman–Crippen LogP) is 0.836. The fourth-order valence-electron chi connectivity index (χ4n) is 2.79. The number of para-hydroxylation sites is 2. The van der Waals surface area contributed by atoms with Gasteiger partial charge in [0.05, 0.1) is 18.5 Å². The summed E-state index contributed by atoms with van der Waals surface area (Å²) in [6, 6.07) is 6.90. The second-order valence-corrected chi connectivity index (χ2v) is 7.31. The molecular formula is C14H18N2O4S. The highest BCUT2D eigenvalue weighted by atomic mass is 32.2. The average Bonchev–Trinajstić information content (AvgIpc) is 2.98. The number of hydrogen-bond acceptors (Lipinski definition) is 4.